The molecular weight excluding hydrogens is 236 g/mol. The molecule has 1 rings (SSSR count). The van der Waals surface area contributed by atoms with Gasteiger partial charge < -0.3 is 0 Å². The molecule has 2 nitrogen and oxygen atoms in total. The standard InChI is InChI=1S/C6H7BrN2S.C2H6/c1-4-5(7)3-8-6(9-4)10-2;1-2/h3H,1-2H3;1-2H3. The molecule has 0 aromatic carbocycles. The van der Waals surface area contributed by atoms with Crippen LogP contribution in [0.2, 0.25) is 0 Å². The molecule has 0 amide bonds. The van der Waals surface area contributed by atoms with Gasteiger partial charge in [0.25, 0.3) is 0 Å². The number of halogens is 1. The van der Waals surface area contributed by atoms with E-state index >= 15 is 0 Å². The van der Waals surface area contributed by atoms with Crippen LogP contribution in [-0.2, 0) is 0 Å². The van der Waals surface area contributed by atoms with Gasteiger partial charge in [-0.2, -0.15) is 0 Å². The summed E-state index contributed by atoms with van der Waals surface area (Å²) in [5.74, 6) is 0. The number of hydrogen-bond acceptors (Lipinski definition) is 3. The Morgan fingerprint density at radius 2 is 2.00 bits per heavy atom. The van der Waals surface area contributed by atoms with Gasteiger partial charge in [0, 0.05) is 6.20 Å². The lowest BCUT2D eigenvalue weighted by Crippen LogP contribution is -1.88. The van der Waals surface area contributed by atoms with Crippen molar-refractivity contribution in [2.75, 3.05) is 6.26 Å². The zero-order valence-electron chi connectivity index (χ0n) is 7.76. The Labute approximate surface area is 86.3 Å². The minimum absolute atomic E-state index is 0.820. The number of aromatic nitrogens is 2. The van der Waals surface area contributed by atoms with E-state index in [1.807, 2.05) is 27.0 Å². The molecule has 0 saturated carbocycles. The maximum absolute atomic E-state index is 4.20. The van der Waals surface area contributed by atoms with Crippen molar-refractivity contribution in [3.05, 3.63) is 16.4 Å². The fourth-order valence-electron chi connectivity index (χ4n) is 0.529. The molecule has 1 aromatic heterocycles. The van der Waals surface area contributed by atoms with E-state index in [-0.39, 0.29) is 0 Å². The quantitative estimate of drug-likeness (QED) is 0.564. The Balaban J connectivity index is 0.000000561. The highest BCUT2D eigenvalue weighted by molar-refractivity contribution is 9.10. The average Bonchev–Trinajstić information content (AvgIpc) is 2.13. The topological polar surface area (TPSA) is 25.8 Å². The Kier molecular flexibility index (Phi) is 6.38. The third-order valence-electron chi connectivity index (χ3n) is 1.08. The van der Waals surface area contributed by atoms with Gasteiger partial charge in [0.1, 0.15) is 0 Å². The number of hydrogen-bond donors (Lipinski definition) is 0. The Morgan fingerprint density at radius 1 is 1.42 bits per heavy atom. The second-order valence-electron chi connectivity index (χ2n) is 1.79. The summed E-state index contributed by atoms with van der Waals surface area (Å²) in [5, 5.41) is 0.820. The van der Waals surface area contributed by atoms with Crippen molar-refractivity contribution in [3.8, 4) is 0 Å². The molecule has 0 radical (unpaired) electrons. The second-order valence-corrected chi connectivity index (χ2v) is 3.42. The summed E-state index contributed by atoms with van der Waals surface area (Å²) >= 11 is 4.87. The van der Waals surface area contributed by atoms with Gasteiger partial charge in [-0.15, -0.1) is 0 Å². The van der Waals surface area contributed by atoms with E-state index in [0.29, 0.717) is 0 Å². The van der Waals surface area contributed by atoms with Crippen LogP contribution in [0.1, 0.15) is 19.5 Å². The number of nitrogens with zero attached hydrogens (tertiary/aromatic N) is 2. The molecule has 0 aliphatic heterocycles. The third kappa shape index (κ3) is 3.54. The summed E-state index contributed by atoms with van der Waals surface area (Å²) in [7, 11) is 0. The van der Waals surface area contributed by atoms with Crippen LogP contribution in [0.15, 0.2) is 15.8 Å². The maximum atomic E-state index is 4.20. The monoisotopic (exact) mass is 248 g/mol. The number of aryl methyl sites for hydroxylation is 1. The largest absolute Gasteiger partial charge is 0.230 e. The molecule has 0 fully saturated rings. The molecule has 0 N–H and O–H groups in total. The highest BCUT2D eigenvalue weighted by atomic mass is 79.9. The molecule has 0 aliphatic carbocycles. The van der Waals surface area contributed by atoms with E-state index in [1.54, 1.807) is 18.0 Å². The van der Waals surface area contributed by atoms with Crippen LogP contribution in [0, 0.1) is 6.92 Å². The van der Waals surface area contributed by atoms with Crippen LogP contribution in [0.3, 0.4) is 0 Å². The van der Waals surface area contributed by atoms with E-state index in [0.717, 1.165) is 15.3 Å². The van der Waals surface area contributed by atoms with Crippen LogP contribution in [0.25, 0.3) is 0 Å². The fourth-order valence-corrected chi connectivity index (χ4v) is 1.11. The van der Waals surface area contributed by atoms with Gasteiger partial charge in [0.15, 0.2) is 5.16 Å². The van der Waals surface area contributed by atoms with Crippen LogP contribution >= 0.6 is 27.7 Å². The molecule has 68 valence electrons. The highest BCUT2D eigenvalue weighted by Gasteiger charge is 1.97. The number of rotatable bonds is 1. The predicted octanol–water partition coefficient (Wildman–Crippen LogP) is 3.30. The minimum Gasteiger partial charge on any atom is -0.230 e. The molecule has 0 bridgehead atoms. The van der Waals surface area contributed by atoms with Crippen LogP contribution in [0.5, 0.6) is 0 Å². The summed E-state index contributed by atoms with van der Waals surface area (Å²) in [5.41, 5.74) is 0.986. The first kappa shape index (κ1) is 11.9. The predicted molar refractivity (Wildman–Crippen MR) is 57.6 cm³/mol. The van der Waals surface area contributed by atoms with Crippen molar-refractivity contribution in [1.29, 1.82) is 0 Å². The van der Waals surface area contributed by atoms with Gasteiger partial charge in [0.05, 0.1) is 10.2 Å². The zero-order valence-corrected chi connectivity index (χ0v) is 10.2. The highest BCUT2D eigenvalue weighted by Crippen LogP contribution is 2.15. The Hall–Kier alpha value is -0.0900. The fraction of sp³-hybridized carbons (Fsp3) is 0.500. The molecule has 1 heterocycles. The van der Waals surface area contributed by atoms with Gasteiger partial charge in [-0.1, -0.05) is 25.6 Å². The van der Waals surface area contributed by atoms with Crippen molar-refractivity contribution in [3.63, 3.8) is 0 Å². The molecule has 0 saturated heterocycles. The summed E-state index contributed by atoms with van der Waals surface area (Å²) in [6.07, 6.45) is 3.73. The smallest absolute Gasteiger partial charge is 0.187 e. The van der Waals surface area contributed by atoms with Gasteiger partial charge in [-0.3, -0.25) is 0 Å². The van der Waals surface area contributed by atoms with Gasteiger partial charge in [-0.25, -0.2) is 9.97 Å². The first-order valence-corrected chi connectivity index (χ1v) is 5.79. The lowest BCUT2D eigenvalue weighted by atomic mass is 10.5. The van der Waals surface area contributed by atoms with E-state index in [1.165, 1.54) is 0 Å². The molecule has 0 atom stereocenters. The summed E-state index contributed by atoms with van der Waals surface area (Å²) in [6.45, 7) is 5.95. The Morgan fingerprint density at radius 3 is 2.42 bits per heavy atom. The molecule has 12 heavy (non-hydrogen) atoms. The van der Waals surface area contributed by atoms with Crippen LogP contribution in [0.4, 0.5) is 0 Å². The molecular formula is C8H13BrN2S. The van der Waals surface area contributed by atoms with Gasteiger partial charge in [0.2, 0.25) is 0 Å². The summed E-state index contributed by atoms with van der Waals surface area (Å²) in [6, 6.07) is 0. The second kappa shape index (κ2) is 6.43. The molecule has 0 aliphatic rings. The van der Waals surface area contributed by atoms with Gasteiger partial charge in [-0.05, 0) is 29.1 Å². The third-order valence-corrected chi connectivity index (χ3v) is 2.42. The van der Waals surface area contributed by atoms with E-state index in [9.17, 15) is 0 Å². The van der Waals surface area contributed by atoms with Crippen molar-refractivity contribution in [2.24, 2.45) is 0 Å². The first-order valence-electron chi connectivity index (χ1n) is 3.77. The van der Waals surface area contributed by atoms with Crippen LogP contribution in [-0.4, -0.2) is 16.2 Å². The molecule has 0 spiro atoms. The molecule has 4 heteroatoms. The van der Waals surface area contributed by atoms with Crippen molar-refractivity contribution >= 4 is 27.7 Å². The molecule has 1 aromatic rings. The maximum Gasteiger partial charge on any atom is 0.187 e. The van der Waals surface area contributed by atoms with Crippen molar-refractivity contribution < 1.29 is 0 Å². The zero-order chi connectivity index (χ0) is 9.56. The van der Waals surface area contributed by atoms with E-state index in [2.05, 4.69) is 25.9 Å². The summed E-state index contributed by atoms with van der Waals surface area (Å²) < 4.78 is 0.963. The van der Waals surface area contributed by atoms with Gasteiger partial charge >= 0.3 is 0 Å². The van der Waals surface area contributed by atoms with Crippen molar-refractivity contribution in [1.82, 2.24) is 9.97 Å². The summed E-state index contributed by atoms with van der Waals surface area (Å²) in [4.78, 5) is 8.26. The number of thioether (sulfide) groups is 1. The van der Waals surface area contributed by atoms with Crippen molar-refractivity contribution in [2.45, 2.75) is 25.9 Å². The first-order chi connectivity index (χ1) is 5.74. The van der Waals surface area contributed by atoms with E-state index in [4.69, 9.17) is 0 Å². The molecule has 0 unspecified atom stereocenters. The lowest BCUT2D eigenvalue weighted by Gasteiger charge is -1.97. The Bertz CT molecular complexity index is 240. The van der Waals surface area contributed by atoms with E-state index < -0.39 is 0 Å². The lowest BCUT2D eigenvalue weighted by molar-refractivity contribution is 0.924. The average molecular weight is 249 g/mol. The SMILES string of the molecule is CC.CSc1ncc(Br)c(C)n1. The minimum atomic E-state index is 0.820. The van der Waals surface area contributed by atoms with Crippen LogP contribution < -0.4 is 0 Å². The normalized spacial score (nSPS) is 8.75.